The van der Waals surface area contributed by atoms with Crippen molar-refractivity contribution in [3.63, 3.8) is 0 Å². The van der Waals surface area contributed by atoms with E-state index in [-0.39, 0.29) is 0 Å². The molecule has 1 saturated carbocycles. The van der Waals surface area contributed by atoms with E-state index in [0.717, 1.165) is 34.6 Å². The predicted octanol–water partition coefficient (Wildman–Crippen LogP) is 3.32. The first-order valence-electron chi connectivity index (χ1n) is 5.25. The van der Waals surface area contributed by atoms with Crippen molar-refractivity contribution in [3.8, 4) is 0 Å². The molecule has 0 radical (unpaired) electrons. The second kappa shape index (κ2) is 3.12. The maximum Gasteiger partial charge on any atom is 0.277 e. The molecule has 1 aliphatic rings. The molecule has 0 aromatic rings. The molecule has 0 heterocycles. The quantitative estimate of drug-likeness (QED) is 0.736. The Morgan fingerprint density at radius 3 is 1.62 bits per heavy atom. The van der Waals surface area contributed by atoms with E-state index in [1.54, 1.807) is 0 Å². The second-order valence-electron chi connectivity index (χ2n) is 5.80. The summed E-state index contributed by atoms with van der Waals surface area (Å²) in [7, 11) is 0. The summed E-state index contributed by atoms with van der Waals surface area (Å²) >= 11 is 0. The van der Waals surface area contributed by atoms with Crippen molar-refractivity contribution in [1.29, 1.82) is 0 Å². The van der Waals surface area contributed by atoms with E-state index in [0.29, 0.717) is 0 Å². The monoisotopic (exact) mass is 242 g/mol. The Labute approximate surface area is 92.8 Å². The lowest BCUT2D eigenvalue weighted by atomic mass is 9.43. The number of aliphatic hydroxyl groups excluding tert-OH is 1. The lowest BCUT2D eigenvalue weighted by Crippen LogP contribution is -2.74. The second-order valence-corrected chi connectivity index (χ2v) is 5.80. The molecule has 1 atom stereocenters. The minimum Gasteiger partial charge on any atom is -0.387 e. The predicted molar refractivity (Wildman–Crippen MR) is 52.6 cm³/mol. The standard InChI is InChI=1S/C11H18F4O/c1-6(16)10(12,13)7-8(2,3)11(14,15)9(7,4)5/h6-7,16H,1-5H3. The van der Waals surface area contributed by atoms with Gasteiger partial charge in [0.1, 0.15) is 6.10 Å². The van der Waals surface area contributed by atoms with Crippen LogP contribution >= 0.6 is 0 Å². The van der Waals surface area contributed by atoms with Crippen LogP contribution in [-0.4, -0.2) is 23.1 Å². The highest BCUT2D eigenvalue weighted by Crippen LogP contribution is 2.72. The molecule has 1 fully saturated rings. The van der Waals surface area contributed by atoms with E-state index in [9.17, 15) is 17.6 Å². The molecule has 5 heteroatoms. The van der Waals surface area contributed by atoms with Gasteiger partial charge in [0.15, 0.2) is 0 Å². The molecule has 1 nitrogen and oxygen atoms in total. The van der Waals surface area contributed by atoms with Crippen LogP contribution in [0, 0.1) is 16.7 Å². The lowest BCUT2D eigenvalue weighted by Gasteiger charge is -2.65. The highest BCUT2D eigenvalue weighted by molar-refractivity contribution is 5.19. The lowest BCUT2D eigenvalue weighted by molar-refractivity contribution is -0.380. The van der Waals surface area contributed by atoms with Crippen molar-refractivity contribution in [2.45, 2.75) is 52.6 Å². The minimum absolute atomic E-state index is 0.933. The van der Waals surface area contributed by atoms with Gasteiger partial charge in [0.05, 0.1) is 0 Å². The molecule has 0 saturated heterocycles. The Balaban J connectivity index is 3.18. The van der Waals surface area contributed by atoms with Gasteiger partial charge in [-0.2, -0.15) is 0 Å². The zero-order chi connectivity index (χ0) is 13.2. The van der Waals surface area contributed by atoms with Crippen LogP contribution in [0.4, 0.5) is 17.6 Å². The molecule has 0 aliphatic heterocycles. The normalized spacial score (nSPS) is 29.6. The fraction of sp³-hybridized carbons (Fsp3) is 1.00. The number of hydrogen-bond donors (Lipinski definition) is 1. The molecule has 0 aromatic carbocycles. The van der Waals surface area contributed by atoms with Gasteiger partial charge >= 0.3 is 0 Å². The Morgan fingerprint density at radius 1 is 1.06 bits per heavy atom. The molecule has 16 heavy (non-hydrogen) atoms. The Bertz CT molecular complexity index is 265. The molecule has 1 N–H and O–H groups in total. The first-order valence-corrected chi connectivity index (χ1v) is 5.25. The van der Waals surface area contributed by atoms with Crippen LogP contribution in [0.5, 0.6) is 0 Å². The van der Waals surface area contributed by atoms with Gasteiger partial charge in [-0.1, -0.05) is 27.7 Å². The van der Waals surface area contributed by atoms with Gasteiger partial charge in [0, 0.05) is 16.7 Å². The topological polar surface area (TPSA) is 20.2 Å². The van der Waals surface area contributed by atoms with Crippen molar-refractivity contribution in [3.05, 3.63) is 0 Å². The third-order valence-electron chi connectivity index (χ3n) is 4.00. The maximum absolute atomic E-state index is 13.7. The summed E-state index contributed by atoms with van der Waals surface area (Å²) in [6.07, 6.45) is -1.92. The van der Waals surface area contributed by atoms with Crippen LogP contribution in [0.2, 0.25) is 0 Å². The number of hydrogen-bond acceptors (Lipinski definition) is 1. The van der Waals surface area contributed by atoms with Crippen molar-refractivity contribution in [2.24, 2.45) is 16.7 Å². The van der Waals surface area contributed by atoms with E-state index in [2.05, 4.69) is 0 Å². The van der Waals surface area contributed by atoms with Gasteiger partial charge in [-0.15, -0.1) is 0 Å². The van der Waals surface area contributed by atoms with E-state index >= 15 is 0 Å². The highest BCUT2D eigenvalue weighted by atomic mass is 19.3. The van der Waals surface area contributed by atoms with Gasteiger partial charge in [0.25, 0.3) is 11.8 Å². The van der Waals surface area contributed by atoms with E-state index in [1.807, 2.05) is 0 Å². The molecule has 1 unspecified atom stereocenters. The van der Waals surface area contributed by atoms with E-state index in [1.165, 1.54) is 0 Å². The van der Waals surface area contributed by atoms with Crippen molar-refractivity contribution >= 4 is 0 Å². The summed E-state index contributed by atoms with van der Waals surface area (Å²) in [5.41, 5.74) is -3.62. The highest BCUT2D eigenvalue weighted by Gasteiger charge is 2.81. The number of rotatable bonds is 2. The maximum atomic E-state index is 13.7. The van der Waals surface area contributed by atoms with Crippen molar-refractivity contribution in [2.75, 3.05) is 0 Å². The molecule has 96 valence electrons. The summed E-state index contributed by atoms with van der Waals surface area (Å²) in [5.74, 6) is -8.21. The first-order chi connectivity index (χ1) is 6.81. The van der Waals surface area contributed by atoms with Crippen LogP contribution < -0.4 is 0 Å². The van der Waals surface area contributed by atoms with Gasteiger partial charge in [-0.3, -0.25) is 0 Å². The van der Waals surface area contributed by atoms with E-state index in [4.69, 9.17) is 5.11 Å². The largest absolute Gasteiger partial charge is 0.387 e. The SMILES string of the molecule is CC(O)C(F)(F)C1C(C)(C)C(F)(F)C1(C)C. The van der Waals surface area contributed by atoms with Crippen LogP contribution in [0.3, 0.4) is 0 Å². The summed E-state index contributed by atoms with van der Waals surface area (Å²) in [4.78, 5) is 0. The molecule has 0 aromatic heterocycles. The number of alkyl halides is 4. The summed E-state index contributed by atoms with van der Waals surface area (Å²) in [5, 5.41) is 9.06. The first kappa shape index (κ1) is 13.7. The van der Waals surface area contributed by atoms with Crippen LogP contribution in [0.15, 0.2) is 0 Å². The summed E-state index contributed by atoms with van der Waals surface area (Å²) in [6.45, 7) is 5.43. The van der Waals surface area contributed by atoms with Crippen LogP contribution in [0.1, 0.15) is 34.6 Å². The molecule has 1 rings (SSSR count). The van der Waals surface area contributed by atoms with Crippen molar-refractivity contribution in [1.82, 2.24) is 0 Å². The Kier molecular flexibility index (Phi) is 2.68. The molecular formula is C11H18F4O. The van der Waals surface area contributed by atoms with Crippen LogP contribution in [-0.2, 0) is 0 Å². The Hall–Kier alpha value is -0.320. The van der Waals surface area contributed by atoms with Crippen molar-refractivity contribution < 1.29 is 22.7 Å². The fourth-order valence-corrected chi connectivity index (χ4v) is 3.22. The zero-order valence-corrected chi connectivity index (χ0v) is 10.1. The van der Waals surface area contributed by atoms with Gasteiger partial charge in [0.2, 0.25) is 0 Å². The molecule has 0 spiro atoms. The van der Waals surface area contributed by atoms with E-state index < -0.39 is 34.7 Å². The van der Waals surface area contributed by atoms with Gasteiger partial charge < -0.3 is 5.11 Å². The average Bonchev–Trinajstić information content (AvgIpc) is 2.00. The fourth-order valence-electron chi connectivity index (χ4n) is 3.22. The minimum atomic E-state index is -3.51. The third-order valence-corrected chi connectivity index (χ3v) is 4.00. The molecule has 0 bridgehead atoms. The Morgan fingerprint density at radius 2 is 1.38 bits per heavy atom. The molecule has 0 amide bonds. The zero-order valence-electron chi connectivity index (χ0n) is 10.1. The van der Waals surface area contributed by atoms with Gasteiger partial charge in [-0.05, 0) is 6.92 Å². The van der Waals surface area contributed by atoms with Gasteiger partial charge in [-0.25, -0.2) is 17.6 Å². The number of aliphatic hydroxyl groups is 1. The summed E-state index contributed by atoms with van der Waals surface area (Å²) < 4.78 is 54.9. The summed E-state index contributed by atoms with van der Waals surface area (Å²) in [6, 6.07) is 0. The smallest absolute Gasteiger partial charge is 0.277 e. The molecule has 1 aliphatic carbocycles. The number of halogens is 4. The average molecular weight is 242 g/mol. The van der Waals surface area contributed by atoms with Crippen LogP contribution in [0.25, 0.3) is 0 Å². The third kappa shape index (κ3) is 1.27. The molecular weight excluding hydrogens is 224 g/mol.